The van der Waals surface area contributed by atoms with Crippen LogP contribution in [0.4, 0.5) is 0 Å². The van der Waals surface area contributed by atoms with Crippen LogP contribution in [0.15, 0.2) is 367 Å². The standard InChI is InChI=1S/C56H40.C32H22Br2.C12H11BO2/c1-37-23-25-45(43-19-11-17-41(31-43)39-13-5-3-6-14-39)33-53(37)47-27-29-51-49-21-9-10-22-50(49)52-30-28-48(36-56(52)55(51)35-47)54-34-46(26-24-38(54)2)44-20-12-18-42(32-44)40-15-7-4-8-16-40;1-19-7-11-23(33)17-29(19)21-9-13-27-25-5-3-4-6-26(25)28-14-10-22(16-32(28)31(27)15-21)30-18-24(34)12-8-20(30)2;14-13(15)12-8-4-7-11(9-12)10-5-2-1-3-6-10/h3-36H,1-2H3;3-18H,1-2H3;1-9,14-15H. The van der Waals surface area contributed by atoms with Gasteiger partial charge in [0.25, 0.3) is 0 Å². The summed E-state index contributed by atoms with van der Waals surface area (Å²) in [7, 11) is -1.41. The molecular weight excluding hydrogens is 1400 g/mol. The Bertz CT molecular complexity index is 5980. The summed E-state index contributed by atoms with van der Waals surface area (Å²) in [6, 6.07) is 129. The molecule has 0 saturated heterocycles. The van der Waals surface area contributed by atoms with E-state index < -0.39 is 7.12 Å². The van der Waals surface area contributed by atoms with E-state index in [1.54, 1.807) is 12.1 Å². The van der Waals surface area contributed by atoms with E-state index in [9.17, 15) is 0 Å². The molecule has 2 N–H and O–H groups in total. The van der Waals surface area contributed by atoms with E-state index in [1.807, 2.05) is 42.5 Å². The highest BCUT2D eigenvalue weighted by molar-refractivity contribution is 9.10. The maximum absolute atomic E-state index is 9.05. The molecule has 0 radical (unpaired) electrons. The van der Waals surface area contributed by atoms with Crippen molar-refractivity contribution in [2.75, 3.05) is 0 Å². The number of hydrogen-bond acceptors (Lipinski definition) is 2. The van der Waals surface area contributed by atoms with Crippen molar-refractivity contribution in [3.63, 3.8) is 0 Å². The van der Waals surface area contributed by atoms with Crippen LogP contribution in [0.2, 0.25) is 0 Å². The summed E-state index contributed by atoms with van der Waals surface area (Å²) in [4.78, 5) is 0. The van der Waals surface area contributed by atoms with Crippen molar-refractivity contribution < 1.29 is 10.0 Å². The Morgan fingerprint density at radius 2 is 0.419 bits per heavy atom. The van der Waals surface area contributed by atoms with Crippen molar-refractivity contribution in [2.24, 2.45) is 0 Å². The monoisotopic (exact) mass is 1470 g/mol. The number of halogens is 2. The molecule has 0 bridgehead atoms. The second-order valence-corrected chi connectivity index (χ2v) is 29.2. The third kappa shape index (κ3) is 14.0. The Morgan fingerprint density at radius 1 is 0.181 bits per heavy atom. The minimum absolute atomic E-state index is 0.511. The SMILES string of the molecule is Cc1ccc(-c2cccc(-c3ccccc3)c2)cc1-c1ccc2c3ccccc3c3ccc(-c4cc(-c5cccc(-c6ccccc6)c5)ccc4C)cc3c2c1.Cc1ccc(Br)cc1-c1ccc2c3ccccc3c3ccc(-c4cc(Br)ccc4C)cc3c2c1.OB(O)c1cccc(-c2ccccc2)c1. The lowest BCUT2D eigenvalue weighted by Gasteiger charge is -2.16. The molecule has 0 aliphatic carbocycles. The largest absolute Gasteiger partial charge is 0.488 e. The first-order valence-electron chi connectivity index (χ1n) is 35.7. The molecule has 0 aliphatic rings. The van der Waals surface area contributed by atoms with Gasteiger partial charge in [-0.25, -0.2) is 0 Å². The zero-order valence-electron chi connectivity index (χ0n) is 58.8. The number of benzene rings is 18. The van der Waals surface area contributed by atoms with Gasteiger partial charge in [0.2, 0.25) is 0 Å². The summed E-state index contributed by atoms with van der Waals surface area (Å²) in [6.07, 6.45) is 0. The first-order valence-corrected chi connectivity index (χ1v) is 37.3. The number of rotatable bonds is 10. The van der Waals surface area contributed by atoms with Crippen LogP contribution in [0.25, 0.3) is 165 Å². The third-order valence-electron chi connectivity index (χ3n) is 20.7. The first kappa shape index (κ1) is 67.9. The van der Waals surface area contributed by atoms with Crippen LogP contribution in [-0.4, -0.2) is 17.2 Å². The summed E-state index contributed by atoms with van der Waals surface area (Å²) >= 11 is 7.32. The predicted octanol–water partition coefficient (Wildman–Crippen LogP) is 27.4. The van der Waals surface area contributed by atoms with E-state index in [0.29, 0.717) is 5.46 Å². The van der Waals surface area contributed by atoms with Crippen LogP contribution in [0.3, 0.4) is 0 Å². The van der Waals surface area contributed by atoms with Gasteiger partial charge in [-0.05, 0) is 293 Å². The second-order valence-electron chi connectivity index (χ2n) is 27.4. The van der Waals surface area contributed by atoms with E-state index in [2.05, 4.69) is 363 Å². The zero-order valence-corrected chi connectivity index (χ0v) is 62.0. The number of fused-ring (bicyclic) bond motifs is 12. The summed E-state index contributed by atoms with van der Waals surface area (Å²) in [5.74, 6) is 0. The molecule has 0 saturated carbocycles. The van der Waals surface area contributed by atoms with Crippen LogP contribution < -0.4 is 5.46 Å². The first-order chi connectivity index (χ1) is 51.3. The summed E-state index contributed by atoms with van der Waals surface area (Å²) < 4.78 is 2.20. The van der Waals surface area contributed by atoms with Gasteiger partial charge in [0, 0.05) is 8.95 Å². The van der Waals surface area contributed by atoms with Gasteiger partial charge in [0.05, 0.1) is 0 Å². The van der Waals surface area contributed by atoms with Gasteiger partial charge in [-0.3, -0.25) is 0 Å². The highest BCUT2D eigenvalue weighted by Gasteiger charge is 2.18. The molecule has 2 nitrogen and oxygen atoms in total. The molecule has 18 aromatic rings. The van der Waals surface area contributed by atoms with Crippen molar-refractivity contribution >= 4 is 109 Å². The molecule has 0 unspecified atom stereocenters. The molecule has 18 rings (SSSR count). The Hall–Kier alpha value is -11.5. The third-order valence-corrected chi connectivity index (χ3v) is 21.7. The smallest absolute Gasteiger partial charge is 0.423 e. The summed E-state index contributed by atoms with van der Waals surface area (Å²) in [5.41, 5.74) is 27.4. The second kappa shape index (κ2) is 29.7. The molecule has 5 heteroatoms. The molecular formula is C100H73BBr2O2. The summed E-state index contributed by atoms with van der Waals surface area (Å²) in [6.45, 7) is 8.81. The van der Waals surface area contributed by atoms with Crippen molar-refractivity contribution in [3.8, 4) is 100 Å². The molecule has 0 fully saturated rings. The van der Waals surface area contributed by atoms with Gasteiger partial charge >= 0.3 is 7.12 Å². The lowest BCUT2D eigenvalue weighted by Crippen LogP contribution is -2.29. The maximum Gasteiger partial charge on any atom is 0.488 e. The molecule has 0 atom stereocenters. The minimum Gasteiger partial charge on any atom is -0.423 e. The fourth-order valence-corrected chi connectivity index (χ4v) is 15.9. The van der Waals surface area contributed by atoms with Crippen molar-refractivity contribution in [3.05, 3.63) is 389 Å². The fraction of sp³-hybridized carbons (Fsp3) is 0.0400. The molecule has 502 valence electrons. The maximum atomic E-state index is 9.05. The average molecular weight is 1480 g/mol. The highest BCUT2D eigenvalue weighted by atomic mass is 79.9. The highest BCUT2D eigenvalue weighted by Crippen LogP contribution is 2.44. The van der Waals surface area contributed by atoms with Crippen molar-refractivity contribution in [2.45, 2.75) is 27.7 Å². The Kier molecular flexibility index (Phi) is 19.2. The van der Waals surface area contributed by atoms with Crippen LogP contribution in [0.5, 0.6) is 0 Å². The van der Waals surface area contributed by atoms with Gasteiger partial charge in [-0.1, -0.05) is 317 Å². The Balaban J connectivity index is 0.000000145. The van der Waals surface area contributed by atoms with Crippen molar-refractivity contribution in [1.82, 2.24) is 0 Å². The molecule has 105 heavy (non-hydrogen) atoms. The lowest BCUT2D eigenvalue weighted by molar-refractivity contribution is 0.426. The Morgan fingerprint density at radius 3 is 0.743 bits per heavy atom. The van der Waals surface area contributed by atoms with Gasteiger partial charge < -0.3 is 10.0 Å². The van der Waals surface area contributed by atoms with E-state index in [1.165, 1.54) is 176 Å². The Labute approximate surface area is 631 Å². The zero-order chi connectivity index (χ0) is 71.7. The van der Waals surface area contributed by atoms with Crippen molar-refractivity contribution in [1.29, 1.82) is 0 Å². The minimum atomic E-state index is -1.41. The van der Waals surface area contributed by atoms with Gasteiger partial charge in [0.1, 0.15) is 0 Å². The normalized spacial score (nSPS) is 11.2. The molecule has 0 spiro atoms. The van der Waals surface area contributed by atoms with Gasteiger partial charge in [-0.15, -0.1) is 0 Å². The molecule has 0 aromatic heterocycles. The van der Waals surface area contributed by atoms with E-state index in [-0.39, 0.29) is 0 Å². The molecule has 18 aromatic carbocycles. The fourth-order valence-electron chi connectivity index (χ4n) is 15.1. The van der Waals surface area contributed by atoms with Crippen LogP contribution >= 0.6 is 31.9 Å². The number of hydrogen-bond donors (Lipinski definition) is 2. The van der Waals surface area contributed by atoms with Gasteiger partial charge in [-0.2, -0.15) is 0 Å². The van der Waals surface area contributed by atoms with E-state index in [4.69, 9.17) is 10.0 Å². The predicted molar refractivity (Wildman–Crippen MR) is 457 cm³/mol. The molecule has 0 heterocycles. The quantitative estimate of drug-likeness (QED) is 0.106. The van der Waals surface area contributed by atoms with E-state index in [0.717, 1.165) is 20.1 Å². The topological polar surface area (TPSA) is 40.5 Å². The van der Waals surface area contributed by atoms with Gasteiger partial charge in [0.15, 0.2) is 0 Å². The summed E-state index contributed by atoms with van der Waals surface area (Å²) in [5, 5.41) is 33.6. The lowest BCUT2D eigenvalue weighted by atomic mass is 9.79. The number of aryl methyl sites for hydroxylation is 4. The van der Waals surface area contributed by atoms with E-state index >= 15 is 0 Å². The molecule has 0 amide bonds. The van der Waals surface area contributed by atoms with Crippen LogP contribution in [0, 0.1) is 27.7 Å². The average Bonchev–Trinajstić information content (AvgIpc) is 0.740. The van der Waals surface area contributed by atoms with Crippen LogP contribution in [0.1, 0.15) is 22.3 Å². The molecule has 0 aliphatic heterocycles. The van der Waals surface area contributed by atoms with Crippen LogP contribution in [-0.2, 0) is 0 Å².